The van der Waals surface area contributed by atoms with E-state index in [1.165, 1.54) is 0 Å². The molecule has 1 amide bonds. The van der Waals surface area contributed by atoms with E-state index in [1.54, 1.807) is 6.33 Å². The summed E-state index contributed by atoms with van der Waals surface area (Å²) in [6.45, 7) is 4.44. The molecule has 0 bridgehead atoms. The van der Waals surface area contributed by atoms with Crippen molar-refractivity contribution in [2.45, 2.75) is 26.8 Å². The molecule has 146 valence electrons. The van der Waals surface area contributed by atoms with Gasteiger partial charge in [-0.25, -0.2) is 9.97 Å². The van der Waals surface area contributed by atoms with Gasteiger partial charge in [0.25, 0.3) is 0 Å². The number of nitrogens with zero attached hydrogens (tertiary/aromatic N) is 3. The second-order valence-electron chi connectivity index (χ2n) is 7.05. The van der Waals surface area contributed by atoms with Gasteiger partial charge in [0.1, 0.15) is 5.82 Å². The van der Waals surface area contributed by atoms with Gasteiger partial charge in [0, 0.05) is 24.2 Å². The molecule has 0 aliphatic carbocycles. The highest BCUT2D eigenvalue weighted by atomic mass is 16.1. The van der Waals surface area contributed by atoms with E-state index < -0.39 is 0 Å². The van der Waals surface area contributed by atoms with Crippen LogP contribution in [0.4, 0.5) is 5.69 Å². The Bertz CT molecular complexity index is 1130. The van der Waals surface area contributed by atoms with E-state index >= 15 is 0 Å². The average molecular weight is 385 g/mol. The molecule has 0 radical (unpaired) electrons. The SMILES string of the molecule is Cc1cccc(NC(=O)CCn2cnc(-c3ccccc3)c2-c2cnc(C)[nH]2)c1. The van der Waals surface area contributed by atoms with Gasteiger partial charge in [-0.2, -0.15) is 0 Å². The summed E-state index contributed by atoms with van der Waals surface area (Å²) in [5.74, 6) is 0.807. The Morgan fingerprint density at radius 2 is 1.90 bits per heavy atom. The molecule has 29 heavy (non-hydrogen) atoms. The van der Waals surface area contributed by atoms with E-state index in [0.717, 1.165) is 39.7 Å². The van der Waals surface area contributed by atoms with Crippen LogP contribution in [-0.4, -0.2) is 25.4 Å². The summed E-state index contributed by atoms with van der Waals surface area (Å²) >= 11 is 0. The third-order valence-corrected chi connectivity index (χ3v) is 4.72. The number of imidazole rings is 2. The standard InChI is InChI=1S/C23H23N5O/c1-16-7-6-10-19(13-16)27-21(29)11-12-28-15-25-22(18-8-4-3-5-9-18)23(28)20-14-24-17(2)26-20/h3-10,13-15H,11-12H2,1-2H3,(H,24,26)(H,27,29). The molecule has 0 unspecified atom stereocenters. The molecular formula is C23H23N5O. The third-order valence-electron chi connectivity index (χ3n) is 4.72. The topological polar surface area (TPSA) is 75.6 Å². The molecule has 2 aromatic heterocycles. The number of H-pyrrole nitrogens is 1. The molecule has 2 heterocycles. The first-order valence-corrected chi connectivity index (χ1v) is 9.59. The van der Waals surface area contributed by atoms with Gasteiger partial charge < -0.3 is 14.9 Å². The van der Waals surface area contributed by atoms with Gasteiger partial charge in [-0.1, -0.05) is 42.5 Å². The van der Waals surface area contributed by atoms with Crippen molar-refractivity contribution in [3.63, 3.8) is 0 Å². The van der Waals surface area contributed by atoms with Crippen LogP contribution in [0.3, 0.4) is 0 Å². The van der Waals surface area contributed by atoms with Crippen LogP contribution in [0.5, 0.6) is 0 Å². The Hall–Kier alpha value is -3.67. The quantitative estimate of drug-likeness (QED) is 0.510. The minimum atomic E-state index is -0.0303. The zero-order valence-corrected chi connectivity index (χ0v) is 16.5. The van der Waals surface area contributed by atoms with Crippen LogP contribution in [0.15, 0.2) is 67.1 Å². The molecule has 6 nitrogen and oxygen atoms in total. The molecule has 0 spiro atoms. The van der Waals surface area contributed by atoms with Gasteiger partial charge >= 0.3 is 0 Å². The van der Waals surface area contributed by atoms with Crippen LogP contribution >= 0.6 is 0 Å². The number of carbonyl (C=O) groups excluding carboxylic acids is 1. The lowest BCUT2D eigenvalue weighted by Gasteiger charge is -2.10. The average Bonchev–Trinajstić information content (AvgIpc) is 3.33. The van der Waals surface area contributed by atoms with Crippen molar-refractivity contribution in [1.29, 1.82) is 0 Å². The number of hydrogen-bond donors (Lipinski definition) is 2. The largest absolute Gasteiger partial charge is 0.341 e. The zero-order valence-electron chi connectivity index (χ0n) is 16.5. The molecule has 0 fully saturated rings. The van der Waals surface area contributed by atoms with Gasteiger partial charge in [0.05, 0.1) is 29.6 Å². The third kappa shape index (κ3) is 4.27. The van der Waals surface area contributed by atoms with Crippen LogP contribution in [0.25, 0.3) is 22.6 Å². The summed E-state index contributed by atoms with van der Waals surface area (Å²) in [7, 11) is 0. The Morgan fingerprint density at radius 1 is 1.07 bits per heavy atom. The number of aryl methyl sites for hydroxylation is 3. The number of nitrogens with one attached hydrogen (secondary N) is 2. The number of aromatic nitrogens is 4. The summed E-state index contributed by atoms with van der Waals surface area (Å²) in [4.78, 5) is 24.7. The second-order valence-corrected chi connectivity index (χ2v) is 7.05. The summed E-state index contributed by atoms with van der Waals surface area (Å²) in [6, 6.07) is 17.8. The first-order valence-electron chi connectivity index (χ1n) is 9.59. The predicted molar refractivity (Wildman–Crippen MR) is 114 cm³/mol. The van der Waals surface area contributed by atoms with Crippen molar-refractivity contribution >= 4 is 11.6 Å². The fraction of sp³-hybridized carbons (Fsp3) is 0.174. The molecule has 0 atom stereocenters. The van der Waals surface area contributed by atoms with Crippen molar-refractivity contribution in [3.8, 4) is 22.6 Å². The van der Waals surface area contributed by atoms with Gasteiger partial charge in [0.15, 0.2) is 0 Å². The summed E-state index contributed by atoms with van der Waals surface area (Å²) < 4.78 is 2.01. The number of hydrogen-bond acceptors (Lipinski definition) is 3. The zero-order chi connectivity index (χ0) is 20.2. The maximum absolute atomic E-state index is 12.5. The molecule has 0 saturated heterocycles. The van der Waals surface area contributed by atoms with Crippen molar-refractivity contribution in [2.75, 3.05) is 5.32 Å². The molecule has 4 aromatic rings. The molecule has 0 aliphatic heterocycles. The van der Waals surface area contributed by atoms with Gasteiger partial charge in [-0.15, -0.1) is 0 Å². The first kappa shape index (κ1) is 18.7. The maximum atomic E-state index is 12.5. The van der Waals surface area contributed by atoms with Crippen molar-refractivity contribution in [2.24, 2.45) is 0 Å². The van der Waals surface area contributed by atoms with E-state index in [9.17, 15) is 4.79 Å². The van der Waals surface area contributed by atoms with Crippen molar-refractivity contribution < 1.29 is 4.79 Å². The molecule has 6 heteroatoms. The fourth-order valence-corrected chi connectivity index (χ4v) is 3.35. The Morgan fingerprint density at radius 3 is 2.62 bits per heavy atom. The summed E-state index contributed by atoms with van der Waals surface area (Å²) in [6.07, 6.45) is 3.94. The highest BCUT2D eigenvalue weighted by Crippen LogP contribution is 2.30. The smallest absolute Gasteiger partial charge is 0.226 e. The van der Waals surface area contributed by atoms with Crippen molar-refractivity contribution in [3.05, 3.63) is 78.5 Å². The van der Waals surface area contributed by atoms with E-state index in [1.807, 2.05) is 79.2 Å². The molecule has 0 aliphatic rings. The fourth-order valence-electron chi connectivity index (χ4n) is 3.35. The van der Waals surface area contributed by atoms with E-state index in [4.69, 9.17) is 0 Å². The minimum Gasteiger partial charge on any atom is -0.341 e. The Kier molecular flexibility index (Phi) is 5.24. The number of benzene rings is 2. The number of amides is 1. The van der Waals surface area contributed by atoms with Gasteiger partial charge in [-0.3, -0.25) is 4.79 Å². The molecule has 0 saturated carbocycles. The second kappa shape index (κ2) is 8.14. The predicted octanol–water partition coefficient (Wildman–Crippen LogP) is 4.59. The Balaban J connectivity index is 1.57. The minimum absolute atomic E-state index is 0.0303. The maximum Gasteiger partial charge on any atom is 0.226 e. The lowest BCUT2D eigenvalue weighted by Crippen LogP contribution is -2.14. The molecular weight excluding hydrogens is 362 g/mol. The van der Waals surface area contributed by atoms with Crippen LogP contribution < -0.4 is 5.32 Å². The normalized spacial score (nSPS) is 10.8. The van der Waals surface area contributed by atoms with E-state index in [0.29, 0.717) is 13.0 Å². The first-order chi connectivity index (χ1) is 14.1. The monoisotopic (exact) mass is 385 g/mol. The summed E-state index contributed by atoms with van der Waals surface area (Å²) in [5, 5.41) is 2.96. The molecule has 2 aromatic carbocycles. The van der Waals surface area contributed by atoms with E-state index in [2.05, 4.69) is 20.3 Å². The van der Waals surface area contributed by atoms with E-state index in [-0.39, 0.29) is 5.91 Å². The summed E-state index contributed by atoms with van der Waals surface area (Å²) in [5.41, 5.74) is 5.64. The van der Waals surface area contributed by atoms with Crippen LogP contribution in [0, 0.1) is 13.8 Å². The number of aromatic amines is 1. The number of carbonyl (C=O) groups is 1. The highest BCUT2D eigenvalue weighted by Gasteiger charge is 2.17. The van der Waals surface area contributed by atoms with Crippen molar-refractivity contribution in [1.82, 2.24) is 19.5 Å². The van der Waals surface area contributed by atoms with Crippen LogP contribution in [0.1, 0.15) is 17.8 Å². The Labute approximate surface area is 169 Å². The van der Waals surface area contributed by atoms with Crippen LogP contribution in [-0.2, 0) is 11.3 Å². The molecule has 2 N–H and O–H groups in total. The van der Waals surface area contributed by atoms with Gasteiger partial charge in [-0.05, 0) is 31.5 Å². The number of anilines is 1. The lowest BCUT2D eigenvalue weighted by molar-refractivity contribution is -0.116. The van der Waals surface area contributed by atoms with Gasteiger partial charge in [0.2, 0.25) is 5.91 Å². The highest BCUT2D eigenvalue weighted by molar-refractivity contribution is 5.90. The van der Waals surface area contributed by atoms with Crippen LogP contribution in [0.2, 0.25) is 0 Å². The number of rotatable bonds is 6. The molecule has 4 rings (SSSR count). The lowest BCUT2D eigenvalue weighted by atomic mass is 10.1.